The Hall–Kier alpha value is -0.760. The molecule has 18 heavy (non-hydrogen) atoms. The van der Waals surface area contributed by atoms with E-state index in [1.807, 2.05) is 13.0 Å². The van der Waals surface area contributed by atoms with Crippen molar-refractivity contribution in [3.63, 3.8) is 0 Å². The van der Waals surface area contributed by atoms with Crippen LogP contribution in [0.2, 0.25) is 0 Å². The van der Waals surface area contributed by atoms with Gasteiger partial charge in [-0.05, 0) is 39.7 Å². The average Bonchev–Trinajstić information content (AvgIpc) is 2.65. The second-order valence-corrected chi connectivity index (χ2v) is 6.08. The lowest BCUT2D eigenvalue weighted by molar-refractivity contribution is 0.0991. The van der Waals surface area contributed by atoms with Gasteiger partial charge in [-0.25, -0.2) is 0 Å². The molecule has 3 heteroatoms. The fourth-order valence-electron chi connectivity index (χ4n) is 3.14. The maximum absolute atomic E-state index is 12.1. The molecule has 1 heterocycles. The summed E-state index contributed by atoms with van der Waals surface area (Å²) in [5, 5.41) is -0.440. The molecule has 1 saturated carbocycles. The molecular formula is C15H22ClNO. The van der Waals surface area contributed by atoms with Crippen molar-refractivity contribution in [3.05, 3.63) is 23.0 Å². The zero-order valence-corrected chi connectivity index (χ0v) is 12.3. The summed E-state index contributed by atoms with van der Waals surface area (Å²) < 4.78 is 2.35. The van der Waals surface area contributed by atoms with E-state index in [2.05, 4.69) is 11.5 Å². The van der Waals surface area contributed by atoms with Crippen molar-refractivity contribution in [2.45, 2.75) is 64.3 Å². The highest BCUT2D eigenvalue weighted by atomic mass is 35.5. The molecule has 0 amide bonds. The number of aromatic nitrogens is 1. The zero-order valence-electron chi connectivity index (χ0n) is 11.5. The first-order valence-electron chi connectivity index (χ1n) is 6.89. The fraction of sp³-hybridized carbons (Fsp3) is 0.667. The Morgan fingerprint density at radius 3 is 2.50 bits per heavy atom. The van der Waals surface area contributed by atoms with Crippen LogP contribution in [0.5, 0.6) is 0 Å². The number of Topliss-reactive ketones (excluding diaryl/α,β-unsaturated/α-hetero) is 1. The molecule has 0 radical (unpaired) electrons. The van der Waals surface area contributed by atoms with Gasteiger partial charge in [-0.1, -0.05) is 19.3 Å². The summed E-state index contributed by atoms with van der Waals surface area (Å²) in [4.78, 5) is 12.1. The smallest absolute Gasteiger partial charge is 0.182 e. The minimum absolute atomic E-state index is 0.0480. The predicted molar refractivity (Wildman–Crippen MR) is 75.7 cm³/mol. The first kappa shape index (κ1) is 13.7. The lowest BCUT2D eigenvalue weighted by Crippen LogP contribution is -2.17. The Labute approximate surface area is 114 Å². The number of carbonyl (C=O) groups is 1. The van der Waals surface area contributed by atoms with Crippen molar-refractivity contribution < 1.29 is 4.79 Å². The van der Waals surface area contributed by atoms with Gasteiger partial charge in [0.2, 0.25) is 0 Å². The third-order valence-corrected chi connectivity index (χ3v) is 4.25. The van der Waals surface area contributed by atoms with Crippen LogP contribution in [0.1, 0.15) is 66.8 Å². The molecule has 100 valence electrons. The van der Waals surface area contributed by atoms with Crippen LogP contribution in [0.25, 0.3) is 0 Å². The van der Waals surface area contributed by atoms with Crippen molar-refractivity contribution in [3.8, 4) is 0 Å². The van der Waals surface area contributed by atoms with Gasteiger partial charge in [-0.3, -0.25) is 4.79 Å². The van der Waals surface area contributed by atoms with Gasteiger partial charge in [-0.15, -0.1) is 11.6 Å². The van der Waals surface area contributed by atoms with Crippen LogP contribution < -0.4 is 0 Å². The Morgan fingerprint density at radius 2 is 1.94 bits per heavy atom. The minimum atomic E-state index is -0.440. The molecule has 1 aliphatic carbocycles. The van der Waals surface area contributed by atoms with Crippen LogP contribution >= 0.6 is 11.6 Å². The van der Waals surface area contributed by atoms with E-state index in [0.717, 1.165) is 11.3 Å². The topological polar surface area (TPSA) is 22.0 Å². The Kier molecular flexibility index (Phi) is 4.16. The van der Waals surface area contributed by atoms with E-state index >= 15 is 0 Å². The van der Waals surface area contributed by atoms with Crippen LogP contribution in [-0.2, 0) is 0 Å². The van der Waals surface area contributed by atoms with Gasteiger partial charge in [0.15, 0.2) is 5.78 Å². The molecule has 1 aromatic rings. The molecule has 0 aromatic carbocycles. The Bertz CT molecular complexity index is 442. The fourth-order valence-corrected chi connectivity index (χ4v) is 3.26. The summed E-state index contributed by atoms with van der Waals surface area (Å²) in [5.41, 5.74) is 3.09. The number of rotatable bonds is 3. The summed E-state index contributed by atoms with van der Waals surface area (Å²) in [6, 6.07) is 2.58. The predicted octanol–water partition coefficient (Wildman–Crippen LogP) is 4.42. The van der Waals surface area contributed by atoms with Crippen molar-refractivity contribution in [1.82, 2.24) is 4.57 Å². The number of aryl methyl sites for hydroxylation is 1. The first-order chi connectivity index (χ1) is 8.52. The van der Waals surface area contributed by atoms with Gasteiger partial charge in [0, 0.05) is 23.0 Å². The van der Waals surface area contributed by atoms with Gasteiger partial charge < -0.3 is 4.57 Å². The van der Waals surface area contributed by atoms with Crippen LogP contribution in [0, 0.1) is 13.8 Å². The van der Waals surface area contributed by atoms with E-state index in [1.54, 1.807) is 6.92 Å². The van der Waals surface area contributed by atoms with Crippen molar-refractivity contribution in [2.75, 3.05) is 0 Å². The lowest BCUT2D eigenvalue weighted by Gasteiger charge is -2.26. The molecule has 0 bridgehead atoms. The van der Waals surface area contributed by atoms with Crippen LogP contribution in [-0.4, -0.2) is 15.7 Å². The van der Waals surface area contributed by atoms with E-state index in [9.17, 15) is 4.79 Å². The van der Waals surface area contributed by atoms with Gasteiger partial charge in [-0.2, -0.15) is 0 Å². The SMILES string of the molecule is Cc1cc(C(=O)C(C)Cl)c(C)n1C1CCCCC1. The number of ketones is 1. The summed E-state index contributed by atoms with van der Waals surface area (Å²) in [6.07, 6.45) is 6.43. The first-order valence-corrected chi connectivity index (χ1v) is 7.32. The molecule has 2 nitrogen and oxygen atoms in total. The number of halogens is 1. The molecule has 0 N–H and O–H groups in total. The molecule has 2 rings (SSSR count). The third kappa shape index (κ3) is 2.49. The highest BCUT2D eigenvalue weighted by molar-refractivity contribution is 6.33. The van der Waals surface area contributed by atoms with E-state index in [-0.39, 0.29) is 5.78 Å². The number of nitrogens with zero attached hydrogens (tertiary/aromatic N) is 1. The van der Waals surface area contributed by atoms with Crippen molar-refractivity contribution in [2.24, 2.45) is 0 Å². The number of alkyl halides is 1. The van der Waals surface area contributed by atoms with E-state index in [0.29, 0.717) is 6.04 Å². The third-order valence-electron chi connectivity index (χ3n) is 4.05. The van der Waals surface area contributed by atoms with Crippen molar-refractivity contribution >= 4 is 17.4 Å². The maximum atomic E-state index is 12.1. The molecular weight excluding hydrogens is 246 g/mol. The molecule has 1 aliphatic rings. The Morgan fingerprint density at radius 1 is 1.33 bits per heavy atom. The van der Waals surface area contributed by atoms with Crippen LogP contribution in [0.4, 0.5) is 0 Å². The number of hydrogen-bond acceptors (Lipinski definition) is 1. The standard InChI is InChI=1S/C15H22ClNO/c1-10-9-14(15(18)11(2)16)12(3)17(10)13-7-5-4-6-8-13/h9,11,13H,4-8H2,1-3H3. The zero-order chi connectivity index (χ0) is 13.3. The highest BCUT2D eigenvalue weighted by Crippen LogP contribution is 2.32. The van der Waals surface area contributed by atoms with Gasteiger partial charge in [0.05, 0.1) is 5.38 Å². The average molecular weight is 268 g/mol. The Balaban J connectivity index is 2.34. The molecule has 1 aromatic heterocycles. The van der Waals surface area contributed by atoms with E-state index in [1.165, 1.54) is 37.8 Å². The summed E-state index contributed by atoms with van der Waals surface area (Å²) in [7, 11) is 0. The second kappa shape index (κ2) is 5.48. The largest absolute Gasteiger partial charge is 0.345 e. The molecule has 1 unspecified atom stereocenters. The molecule has 0 saturated heterocycles. The quantitative estimate of drug-likeness (QED) is 0.587. The van der Waals surface area contributed by atoms with E-state index < -0.39 is 5.38 Å². The van der Waals surface area contributed by atoms with Crippen LogP contribution in [0.15, 0.2) is 6.07 Å². The summed E-state index contributed by atoms with van der Waals surface area (Å²) in [6.45, 7) is 5.89. The van der Waals surface area contributed by atoms with Gasteiger partial charge in [0.25, 0.3) is 0 Å². The van der Waals surface area contributed by atoms with E-state index in [4.69, 9.17) is 11.6 Å². The highest BCUT2D eigenvalue weighted by Gasteiger charge is 2.23. The molecule has 1 fully saturated rings. The number of hydrogen-bond donors (Lipinski definition) is 0. The normalized spacial score (nSPS) is 18.9. The summed E-state index contributed by atoms with van der Waals surface area (Å²) >= 11 is 5.92. The molecule has 0 aliphatic heterocycles. The maximum Gasteiger partial charge on any atom is 0.182 e. The minimum Gasteiger partial charge on any atom is -0.345 e. The van der Waals surface area contributed by atoms with Gasteiger partial charge >= 0.3 is 0 Å². The van der Waals surface area contributed by atoms with Gasteiger partial charge in [0.1, 0.15) is 0 Å². The summed E-state index contributed by atoms with van der Waals surface area (Å²) in [5.74, 6) is 0.0480. The number of carbonyl (C=O) groups excluding carboxylic acids is 1. The lowest BCUT2D eigenvalue weighted by atomic mass is 9.95. The second-order valence-electron chi connectivity index (χ2n) is 5.43. The van der Waals surface area contributed by atoms with Crippen molar-refractivity contribution in [1.29, 1.82) is 0 Å². The monoisotopic (exact) mass is 267 g/mol. The molecule has 0 spiro atoms. The molecule has 1 atom stereocenters. The van der Waals surface area contributed by atoms with Crippen LogP contribution in [0.3, 0.4) is 0 Å².